The van der Waals surface area contributed by atoms with Crippen LogP contribution in [-0.4, -0.2) is 40.8 Å². The second kappa shape index (κ2) is 9.03. The first-order chi connectivity index (χ1) is 13.2. The van der Waals surface area contributed by atoms with Gasteiger partial charge in [0.15, 0.2) is 0 Å². The average Bonchev–Trinajstić information content (AvgIpc) is 3.20. The van der Waals surface area contributed by atoms with Crippen molar-refractivity contribution in [3.8, 4) is 5.75 Å². The largest absolute Gasteiger partial charge is 0.492 e. The third kappa shape index (κ3) is 5.20. The summed E-state index contributed by atoms with van der Waals surface area (Å²) in [6.45, 7) is 3.75. The number of rotatable bonds is 8. The topological polar surface area (TPSA) is 47.4 Å². The van der Waals surface area contributed by atoms with Gasteiger partial charge in [-0.1, -0.05) is 31.2 Å². The van der Waals surface area contributed by atoms with Crippen LogP contribution in [0.2, 0.25) is 0 Å². The Morgan fingerprint density at radius 1 is 1.11 bits per heavy atom. The maximum Gasteiger partial charge on any atom is 0.253 e. The molecule has 5 nitrogen and oxygen atoms in total. The zero-order chi connectivity index (χ0) is 19.1. The molecular formula is C22H25N3O2. The fourth-order valence-electron chi connectivity index (χ4n) is 2.86. The van der Waals surface area contributed by atoms with E-state index in [9.17, 15) is 4.79 Å². The van der Waals surface area contributed by atoms with E-state index in [0.717, 1.165) is 17.7 Å². The third-order valence-electron chi connectivity index (χ3n) is 4.43. The Morgan fingerprint density at radius 2 is 1.93 bits per heavy atom. The lowest BCUT2D eigenvalue weighted by atomic mass is 10.1. The van der Waals surface area contributed by atoms with Crippen molar-refractivity contribution in [1.82, 2.24) is 14.7 Å². The van der Waals surface area contributed by atoms with Gasteiger partial charge in [-0.05, 0) is 47.9 Å². The molecule has 3 rings (SSSR count). The van der Waals surface area contributed by atoms with Crippen molar-refractivity contribution >= 4 is 5.91 Å². The van der Waals surface area contributed by atoms with Gasteiger partial charge in [0, 0.05) is 25.0 Å². The summed E-state index contributed by atoms with van der Waals surface area (Å²) in [5, 5.41) is 4.21. The molecule has 1 heterocycles. The van der Waals surface area contributed by atoms with Gasteiger partial charge in [-0.2, -0.15) is 5.10 Å². The van der Waals surface area contributed by atoms with Crippen LogP contribution in [0.3, 0.4) is 0 Å². The fourth-order valence-corrected chi connectivity index (χ4v) is 2.86. The third-order valence-corrected chi connectivity index (χ3v) is 4.43. The number of carbonyl (C=O) groups excluding carboxylic acids is 1. The lowest BCUT2D eigenvalue weighted by Gasteiger charge is -2.18. The van der Waals surface area contributed by atoms with E-state index in [1.165, 1.54) is 5.56 Å². The van der Waals surface area contributed by atoms with Crippen LogP contribution in [0.15, 0.2) is 67.0 Å². The van der Waals surface area contributed by atoms with E-state index in [0.29, 0.717) is 25.3 Å². The van der Waals surface area contributed by atoms with E-state index >= 15 is 0 Å². The van der Waals surface area contributed by atoms with E-state index in [4.69, 9.17) is 4.74 Å². The van der Waals surface area contributed by atoms with Crippen molar-refractivity contribution in [2.24, 2.45) is 0 Å². The van der Waals surface area contributed by atoms with Gasteiger partial charge < -0.3 is 9.64 Å². The van der Waals surface area contributed by atoms with E-state index < -0.39 is 0 Å². The molecule has 0 radical (unpaired) electrons. The van der Waals surface area contributed by atoms with Crippen LogP contribution >= 0.6 is 0 Å². The molecule has 0 aliphatic carbocycles. The molecule has 0 saturated carbocycles. The van der Waals surface area contributed by atoms with Crippen molar-refractivity contribution in [3.05, 3.63) is 83.7 Å². The minimum Gasteiger partial charge on any atom is -0.492 e. The lowest BCUT2D eigenvalue weighted by Crippen LogP contribution is -2.31. The van der Waals surface area contributed by atoms with Crippen molar-refractivity contribution in [2.45, 2.75) is 19.9 Å². The number of benzene rings is 2. The highest BCUT2D eigenvalue weighted by atomic mass is 16.5. The summed E-state index contributed by atoms with van der Waals surface area (Å²) in [6, 6.07) is 17.6. The molecule has 0 bridgehead atoms. The Balaban J connectivity index is 1.55. The number of carbonyl (C=O) groups is 1. The van der Waals surface area contributed by atoms with E-state index in [1.54, 1.807) is 18.1 Å². The van der Waals surface area contributed by atoms with Gasteiger partial charge in [-0.3, -0.25) is 9.48 Å². The number of nitrogens with zero attached hydrogens (tertiary/aromatic N) is 3. The number of likely N-dealkylation sites (N-methyl/N-ethyl adjacent to an activating group) is 1. The molecule has 0 atom stereocenters. The number of ether oxygens (including phenoxy) is 1. The molecule has 0 fully saturated rings. The minimum absolute atomic E-state index is 0.0109. The molecule has 0 aliphatic heterocycles. The van der Waals surface area contributed by atoms with Crippen LogP contribution in [-0.2, 0) is 13.0 Å². The fraction of sp³-hybridized carbons (Fsp3) is 0.273. The molecule has 27 heavy (non-hydrogen) atoms. The van der Waals surface area contributed by atoms with Crippen LogP contribution in [0.4, 0.5) is 0 Å². The highest BCUT2D eigenvalue weighted by Gasteiger charge is 2.12. The first-order valence-electron chi connectivity index (χ1n) is 9.19. The number of hydrogen-bond donors (Lipinski definition) is 0. The molecule has 3 aromatic rings. The molecular weight excluding hydrogens is 338 g/mol. The average molecular weight is 363 g/mol. The van der Waals surface area contributed by atoms with Crippen molar-refractivity contribution in [2.75, 3.05) is 20.2 Å². The summed E-state index contributed by atoms with van der Waals surface area (Å²) in [5.41, 5.74) is 2.96. The minimum atomic E-state index is -0.0109. The second-order valence-corrected chi connectivity index (χ2v) is 6.48. The van der Waals surface area contributed by atoms with Crippen molar-refractivity contribution in [3.63, 3.8) is 0 Å². The Kier molecular flexibility index (Phi) is 6.26. The molecule has 1 aromatic heterocycles. The van der Waals surface area contributed by atoms with Gasteiger partial charge in [0.2, 0.25) is 0 Å². The van der Waals surface area contributed by atoms with Crippen LogP contribution in [0.25, 0.3) is 0 Å². The highest BCUT2D eigenvalue weighted by molar-refractivity contribution is 5.94. The van der Waals surface area contributed by atoms with E-state index in [2.05, 4.69) is 18.1 Å². The zero-order valence-corrected chi connectivity index (χ0v) is 15.8. The van der Waals surface area contributed by atoms with Gasteiger partial charge in [0.05, 0.1) is 13.1 Å². The maximum atomic E-state index is 12.7. The molecule has 2 aromatic carbocycles. The molecule has 0 spiro atoms. The first-order valence-corrected chi connectivity index (χ1v) is 9.19. The van der Waals surface area contributed by atoms with Crippen LogP contribution in [0, 0.1) is 0 Å². The van der Waals surface area contributed by atoms with Gasteiger partial charge in [-0.25, -0.2) is 0 Å². The lowest BCUT2D eigenvalue weighted by molar-refractivity contribution is 0.0773. The number of aromatic nitrogens is 2. The predicted octanol–water partition coefficient (Wildman–Crippen LogP) is 3.64. The van der Waals surface area contributed by atoms with Gasteiger partial charge >= 0.3 is 0 Å². The highest BCUT2D eigenvalue weighted by Crippen LogP contribution is 2.14. The normalized spacial score (nSPS) is 10.6. The van der Waals surface area contributed by atoms with Gasteiger partial charge in [0.25, 0.3) is 5.91 Å². The van der Waals surface area contributed by atoms with Gasteiger partial charge in [0.1, 0.15) is 12.4 Å². The van der Waals surface area contributed by atoms with Crippen molar-refractivity contribution in [1.29, 1.82) is 0 Å². The number of amides is 1. The molecule has 0 saturated heterocycles. The quantitative estimate of drug-likeness (QED) is 0.614. The molecule has 140 valence electrons. The SMILES string of the molecule is CCc1cccc(OCCN(C)C(=O)c2cccc(Cn3cccn3)c2)c1. The number of hydrogen-bond acceptors (Lipinski definition) is 3. The molecule has 5 heteroatoms. The second-order valence-electron chi connectivity index (χ2n) is 6.48. The smallest absolute Gasteiger partial charge is 0.253 e. The standard InChI is InChI=1S/C22H25N3O2/c1-3-18-7-5-10-21(16-18)27-14-13-24(2)22(26)20-9-4-8-19(15-20)17-25-12-6-11-23-25/h4-12,15-16H,3,13-14,17H2,1-2H3. The van der Waals surface area contributed by atoms with Crippen LogP contribution in [0.5, 0.6) is 5.75 Å². The number of aryl methyl sites for hydroxylation is 1. The Bertz CT molecular complexity index is 875. The van der Waals surface area contributed by atoms with Crippen LogP contribution < -0.4 is 4.74 Å². The molecule has 0 unspecified atom stereocenters. The zero-order valence-electron chi connectivity index (χ0n) is 15.8. The summed E-state index contributed by atoms with van der Waals surface area (Å²) >= 11 is 0. The van der Waals surface area contributed by atoms with Gasteiger partial charge in [-0.15, -0.1) is 0 Å². The summed E-state index contributed by atoms with van der Waals surface area (Å²) < 4.78 is 7.63. The summed E-state index contributed by atoms with van der Waals surface area (Å²) in [6.07, 6.45) is 4.63. The van der Waals surface area contributed by atoms with E-state index in [1.807, 2.05) is 59.4 Å². The van der Waals surface area contributed by atoms with Crippen molar-refractivity contribution < 1.29 is 9.53 Å². The molecule has 1 amide bonds. The Hall–Kier alpha value is -3.08. The predicted molar refractivity (Wildman–Crippen MR) is 106 cm³/mol. The summed E-state index contributed by atoms with van der Waals surface area (Å²) in [7, 11) is 1.80. The summed E-state index contributed by atoms with van der Waals surface area (Å²) in [5.74, 6) is 0.833. The van der Waals surface area contributed by atoms with E-state index in [-0.39, 0.29) is 5.91 Å². The monoisotopic (exact) mass is 363 g/mol. The Morgan fingerprint density at radius 3 is 2.70 bits per heavy atom. The van der Waals surface area contributed by atoms with Crippen LogP contribution in [0.1, 0.15) is 28.4 Å². The molecule has 0 N–H and O–H groups in total. The first kappa shape index (κ1) is 18.7. The maximum absolute atomic E-state index is 12.7. The summed E-state index contributed by atoms with van der Waals surface area (Å²) in [4.78, 5) is 14.4. The molecule has 0 aliphatic rings. The Labute approximate surface area is 160 Å².